The van der Waals surface area contributed by atoms with E-state index in [0.717, 1.165) is 11.1 Å². The fourth-order valence-corrected chi connectivity index (χ4v) is 2.92. The van der Waals surface area contributed by atoms with Gasteiger partial charge in [-0.2, -0.15) is 0 Å². The van der Waals surface area contributed by atoms with Crippen molar-refractivity contribution in [1.82, 2.24) is 10.2 Å². The van der Waals surface area contributed by atoms with Gasteiger partial charge in [0.25, 0.3) is 0 Å². The molecule has 0 bridgehead atoms. The SMILES string of the molecule is CC(C)CN(C(=O)OC(=O)NC(c1ccccc1)c1ccccc1)C(C)(C)C. The lowest BCUT2D eigenvalue weighted by molar-refractivity contribution is 0.0776. The number of amides is 2. The van der Waals surface area contributed by atoms with Crippen molar-refractivity contribution in [1.29, 1.82) is 0 Å². The third kappa shape index (κ3) is 6.12. The minimum Gasteiger partial charge on any atom is -0.359 e. The molecule has 1 N–H and O–H groups in total. The highest BCUT2D eigenvalue weighted by Crippen LogP contribution is 2.22. The lowest BCUT2D eigenvalue weighted by Crippen LogP contribution is -2.49. The number of benzene rings is 2. The maximum Gasteiger partial charge on any atom is 0.419 e. The molecule has 0 aliphatic heterocycles. The van der Waals surface area contributed by atoms with Crippen molar-refractivity contribution in [2.24, 2.45) is 5.92 Å². The molecule has 150 valence electrons. The van der Waals surface area contributed by atoms with Crippen LogP contribution in [0.25, 0.3) is 0 Å². The molecule has 5 nitrogen and oxygen atoms in total. The van der Waals surface area contributed by atoms with Gasteiger partial charge in [-0.3, -0.25) is 0 Å². The zero-order valence-corrected chi connectivity index (χ0v) is 17.3. The van der Waals surface area contributed by atoms with Crippen LogP contribution in [-0.2, 0) is 4.74 Å². The van der Waals surface area contributed by atoms with Crippen LogP contribution >= 0.6 is 0 Å². The van der Waals surface area contributed by atoms with E-state index in [4.69, 9.17) is 4.74 Å². The Morgan fingerprint density at radius 1 is 0.929 bits per heavy atom. The number of hydrogen-bond acceptors (Lipinski definition) is 3. The lowest BCUT2D eigenvalue weighted by atomic mass is 9.99. The van der Waals surface area contributed by atoms with Gasteiger partial charge < -0.3 is 15.0 Å². The van der Waals surface area contributed by atoms with Crippen molar-refractivity contribution in [3.63, 3.8) is 0 Å². The van der Waals surface area contributed by atoms with Crippen molar-refractivity contribution >= 4 is 12.2 Å². The summed E-state index contributed by atoms with van der Waals surface area (Å²) in [4.78, 5) is 26.8. The molecule has 0 aliphatic rings. The molecule has 0 aliphatic carbocycles. The molecule has 0 heterocycles. The lowest BCUT2D eigenvalue weighted by Gasteiger charge is -2.35. The Morgan fingerprint density at radius 2 is 1.39 bits per heavy atom. The molecule has 28 heavy (non-hydrogen) atoms. The van der Waals surface area contributed by atoms with Crippen LogP contribution in [0.15, 0.2) is 60.7 Å². The summed E-state index contributed by atoms with van der Waals surface area (Å²) in [7, 11) is 0. The predicted molar refractivity (Wildman–Crippen MR) is 111 cm³/mol. The number of carbonyl (C=O) groups excluding carboxylic acids is 2. The minimum absolute atomic E-state index is 0.260. The zero-order chi connectivity index (χ0) is 20.7. The fourth-order valence-electron chi connectivity index (χ4n) is 2.92. The van der Waals surface area contributed by atoms with E-state index >= 15 is 0 Å². The first-order valence-electron chi connectivity index (χ1n) is 9.58. The summed E-state index contributed by atoms with van der Waals surface area (Å²) in [6, 6.07) is 18.8. The van der Waals surface area contributed by atoms with Gasteiger partial charge >= 0.3 is 12.2 Å². The number of alkyl carbamates (subject to hydrolysis) is 1. The summed E-state index contributed by atoms with van der Waals surface area (Å²) in [6.45, 7) is 10.3. The third-order valence-electron chi connectivity index (χ3n) is 4.29. The standard InChI is InChI=1S/C23H30N2O3/c1-17(2)16-25(23(3,4)5)22(27)28-21(26)24-20(18-12-8-6-9-13-18)19-14-10-7-11-15-19/h6-15,17,20H,16H2,1-5H3,(H,24,26). The number of carbonyl (C=O) groups is 2. The average molecular weight is 383 g/mol. The van der Waals surface area contributed by atoms with Crippen LogP contribution in [0, 0.1) is 5.92 Å². The summed E-state index contributed by atoms with van der Waals surface area (Å²) >= 11 is 0. The maximum absolute atomic E-state index is 12.6. The van der Waals surface area contributed by atoms with Gasteiger partial charge in [0.05, 0.1) is 6.04 Å². The largest absolute Gasteiger partial charge is 0.419 e. The van der Waals surface area contributed by atoms with E-state index in [9.17, 15) is 9.59 Å². The van der Waals surface area contributed by atoms with Gasteiger partial charge in [0.15, 0.2) is 0 Å². The Kier molecular flexibility index (Phi) is 7.21. The molecular formula is C23H30N2O3. The first kappa shape index (κ1) is 21.5. The van der Waals surface area contributed by atoms with Crippen LogP contribution in [0.1, 0.15) is 51.8 Å². The second kappa shape index (κ2) is 9.40. The second-order valence-corrected chi connectivity index (χ2v) is 8.23. The summed E-state index contributed by atoms with van der Waals surface area (Å²) < 4.78 is 5.15. The third-order valence-corrected chi connectivity index (χ3v) is 4.29. The Hall–Kier alpha value is -2.82. The molecule has 2 aromatic rings. The fraction of sp³-hybridized carbons (Fsp3) is 0.391. The zero-order valence-electron chi connectivity index (χ0n) is 17.3. The highest BCUT2D eigenvalue weighted by molar-refractivity contribution is 5.84. The molecule has 0 saturated carbocycles. The molecule has 0 saturated heterocycles. The maximum atomic E-state index is 12.6. The van der Waals surface area contributed by atoms with Gasteiger partial charge in [0.2, 0.25) is 0 Å². The van der Waals surface area contributed by atoms with E-state index in [2.05, 4.69) is 5.32 Å². The molecular weight excluding hydrogens is 352 g/mol. The van der Waals surface area contributed by atoms with Crippen molar-refractivity contribution in [2.45, 2.75) is 46.2 Å². The normalized spacial score (nSPS) is 11.4. The summed E-state index contributed by atoms with van der Waals surface area (Å²) in [5.74, 6) is 0.260. The molecule has 0 spiro atoms. The number of ether oxygens (including phenoxy) is 1. The Morgan fingerprint density at radius 3 is 1.79 bits per heavy atom. The number of rotatable bonds is 5. The van der Waals surface area contributed by atoms with Gasteiger partial charge in [-0.1, -0.05) is 74.5 Å². The van der Waals surface area contributed by atoms with Crippen LogP contribution in [0.3, 0.4) is 0 Å². The number of hydrogen-bond donors (Lipinski definition) is 1. The van der Waals surface area contributed by atoms with Gasteiger partial charge in [-0.05, 0) is 37.8 Å². The van der Waals surface area contributed by atoms with Crippen molar-refractivity contribution in [3.8, 4) is 0 Å². The van der Waals surface area contributed by atoms with Crippen LogP contribution in [0.2, 0.25) is 0 Å². The first-order chi connectivity index (χ1) is 13.2. The second-order valence-electron chi connectivity index (χ2n) is 8.23. The van der Waals surface area contributed by atoms with Crippen LogP contribution < -0.4 is 5.32 Å². The van der Waals surface area contributed by atoms with Gasteiger partial charge in [-0.15, -0.1) is 0 Å². The highest BCUT2D eigenvalue weighted by Gasteiger charge is 2.30. The van der Waals surface area contributed by atoms with Crippen molar-refractivity contribution in [2.75, 3.05) is 6.54 Å². The van der Waals surface area contributed by atoms with Gasteiger partial charge in [0.1, 0.15) is 0 Å². The van der Waals surface area contributed by atoms with E-state index in [0.29, 0.717) is 6.54 Å². The van der Waals surface area contributed by atoms with E-state index in [-0.39, 0.29) is 5.92 Å². The Labute approximate surface area is 167 Å². The minimum atomic E-state index is -0.763. The van der Waals surface area contributed by atoms with Crippen LogP contribution in [-0.4, -0.2) is 29.2 Å². The Bertz CT molecular complexity index is 728. The van der Waals surface area contributed by atoms with Gasteiger partial charge in [-0.25, -0.2) is 9.59 Å². The quantitative estimate of drug-likeness (QED) is 0.707. The summed E-state index contributed by atoms with van der Waals surface area (Å²) in [5, 5.41) is 2.83. The summed E-state index contributed by atoms with van der Waals surface area (Å²) in [6.07, 6.45) is -1.40. The Balaban J connectivity index is 2.16. The average Bonchev–Trinajstić information content (AvgIpc) is 2.64. The molecule has 0 atom stereocenters. The summed E-state index contributed by atoms with van der Waals surface area (Å²) in [5.41, 5.74) is 1.38. The number of nitrogens with one attached hydrogen (secondary N) is 1. The van der Waals surface area contributed by atoms with Crippen LogP contribution in [0.4, 0.5) is 9.59 Å². The van der Waals surface area contributed by atoms with E-state index in [1.807, 2.05) is 95.3 Å². The molecule has 0 fully saturated rings. The van der Waals surface area contributed by atoms with E-state index in [1.165, 1.54) is 0 Å². The van der Waals surface area contributed by atoms with E-state index < -0.39 is 23.8 Å². The molecule has 2 amide bonds. The monoisotopic (exact) mass is 382 g/mol. The molecule has 2 aromatic carbocycles. The molecule has 2 rings (SSSR count). The van der Waals surface area contributed by atoms with Crippen LogP contribution in [0.5, 0.6) is 0 Å². The predicted octanol–water partition coefficient (Wildman–Crippen LogP) is 5.38. The molecule has 0 radical (unpaired) electrons. The topological polar surface area (TPSA) is 58.6 Å². The first-order valence-corrected chi connectivity index (χ1v) is 9.58. The highest BCUT2D eigenvalue weighted by atomic mass is 16.6. The molecule has 0 aromatic heterocycles. The number of nitrogens with zero attached hydrogens (tertiary/aromatic N) is 1. The molecule has 0 unspecified atom stereocenters. The van der Waals surface area contributed by atoms with Gasteiger partial charge in [0, 0.05) is 12.1 Å². The molecule has 5 heteroatoms. The van der Waals surface area contributed by atoms with E-state index in [1.54, 1.807) is 4.90 Å². The smallest absolute Gasteiger partial charge is 0.359 e. The van der Waals surface area contributed by atoms with Crippen molar-refractivity contribution in [3.05, 3.63) is 71.8 Å². The van der Waals surface area contributed by atoms with Crippen molar-refractivity contribution < 1.29 is 14.3 Å².